The highest BCUT2D eigenvalue weighted by atomic mass is 16.5. The monoisotopic (exact) mass is 228 g/mol. The van der Waals surface area contributed by atoms with Crippen molar-refractivity contribution in [3.8, 4) is 11.5 Å². The van der Waals surface area contributed by atoms with Crippen molar-refractivity contribution in [1.29, 1.82) is 0 Å². The Morgan fingerprint density at radius 1 is 1.06 bits per heavy atom. The average Bonchev–Trinajstić information content (AvgIpc) is 2.28. The first-order valence-corrected chi connectivity index (χ1v) is 5.63. The van der Waals surface area contributed by atoms with Gasteiger partial charge in [-0.3, -0.25) is 0 Å². The maximum Gasteiger partial charge on any atom is 0.123 e. The predicted molar refractivity (Wildman–Crippen MR) is 68.4 cm³/mol. The zero-order valence-corrected chi connectivity index (χ0v) is 10.1. The Labute approximate surface area is 101 Å². The minimum Gasteiger partial charge on any atom is -0.508 e. The molecule has 0 aliphatic rings. The quantitative estimate of drug-likeness (QED) is 0.870. The van der Waals surface area contributed by atoms with E-state index in [4.69, 9.17) is 4.74 Å². The van der Waals surface area contributed by atoms with Crippen LogP contribution in [0.15, 0.2) is 42.5 Å². The predicted octanol–water partition coefficient (Wildman–Crippen LogP) is 3.59. The van der Waals surface area contributed by atoms with E-state index in [1.807, 2.05) is 6.07 Å². The van der Waals surface area contributed by atoms with Crippen LogP contribution in [-0.4, -0.2) is 5.11 Å². The summed E-state index contributed by atoms with van der Waals surface area (Å²) in [6.45, 7) is 4.68. The molecule has 2 aromatic rings. The van der Waals surface area contributed by atoms with Gasteiger partial charge in [0, 0.05) is 6.07 Å². The first kappa shape index (κ1) is 11.5. The topological polar surface area (TPSA) is 29.5 Å². The maximum absolute atomic E-state index is 9.32. The lowest BCUT2D eigenvalue weighted by Gasteiger charge is -2.09. The molecule has 0 saturated heterocycles. The van der Waals surface area contributed by atoms with Crippen molar-refractivity contribution in [1.82, 2.24) is 0 Å². The highest BCUT2D eigenvalue weighted by molar-refractivity contribution is 5.33. The number of phenolic OH excluding ortho intramolecular Hbond substituents is 1. The maximum atomic E-state index is 9.32. The number of hydrogen-bond donors (Lipinski definition) is 1. The van der Waals surface area contributed by atoms with E-state index < -0.39 is 0 Å². The van der Waals surface area contributed by atoms with Gasteiger partial charge in [-0.15, -0.1) is 0 Å². The van der Waals surface area contributed by atoms with Crippen LogP contribution in [0.1, 0.15) is 16.7 Å². The molecule has 0 bridgehead atoms. The van der Waals surface area contributed by atoms with E-state index in [2.05, 4.69) is 32.0 Å². The molecule has 0 amide bonds. The smallest absolute Gasteiger partial charge is 0.123 e. The molecule has 88 valence electrons. The molecule has 0 unspecified atom stereocenters. The van der Waals surface area contributed by atoms with Gasteiger partial charge >= 0.3 is 0 Å². The van der Waals surface area contributed by atoms with Crippen LogP contribution in [0.2, 0.25) is 0 Å². The number of phenols is 1. The normalized spacial score (nSPS) is 10.2. The summed E-state index contributed by atoms with van der Waals surface area (Å²) in [5.41, 5.74) is 3.65. The van der Waals surface area contributed by atoms with E-state index in [0.717, 1.165) is 0 Å². The second-order valence-electron chi connectivity index (χ2n) is 4.22. The highest BCUT2D eigenvalue weighted by Gasteiger charge is 2.00. The highest BCUT2D eigenvalue weighted by Crippen LogP contribution is 2.20. The van der Waals surface area contributed by atoms with E-state index >= 15 is 0 Å². The summed E-state index contributed by atoms with van der Waals surface area (Å²) >= 11 is 0. The second kappa shape index (κ2) is 4.91. The fourth-order valence-electron chi connectivity index (χ4n) is 1.74. The third-order valence-electron chi connectivity index (χ3n) is 2.71. The molecular weight excluding hydrogens is 212 g/mol. The zero-order chi connectivity index (χ0) is 12.3. The number of benzene rings is 2. The Bertz CT molecular complexity index is 518. The molecule has 2 heteroatoms. The molecule has 0 spiro atoms. The molecule has 2 rings (SSSR count). The van der Waals surface area contributed by atoms with Crippen LogP contribution in [0.4, 0.5) is 0 Å². The lowest BCUT2D eigenvalue weighted by Crippen LogP contribution is -1.98. The van der Waals surface area contributed by atoms with Crippen molar-refractivity contribution in [2.45, 2.75) is 20.5 Å². The van der Waals surface area contributed by atoms with Gasteiger partial charge in [-0.1, -0.05) is 29.8 Å². The SMILES string of the molecule is Cc1ccc(COc2cccc(O)c2)c(C)c1. The zero-order valence-electron chi connectivity index (χ0n) is 10.1. The Morgan fingerprint density at radius 2 is 1.88 bits per heavy atom. The summed E-state index contributed by atoms with van der Waals surface area (Å²) in [4.78, 5) is 0. The lowest BCUT2D eigenvalue weighted by atomic mass is 10.1. The molecule has 0 aliphatic heterocycles. The summed E-state index contributed by atoms with van der Waals surface area (Å²) in [7, 11) is 0. The van der Waals surface area contributed by atoms with Crippen LogP contribution >= 0.6 is 0 Å². The van der Waals surface area contributed by atoms with Crippen LogP contribution in [0, 0.1) is 13.8 Å². The molecule has 1 N–H and O–H groups in total. The molecule has 2 nitrogen and oxygen atoms in total. The van der Waals surface area contributed by atoms with Gasteiger partial charge in [-0.2, -0.15) is 0 Å². The number of aryl methyl sites for hydroxylation is 2. The third kappa shape index (κ3) is 3.00. The van der Waals surface area contributed by atoms with Crippen molar-refractivity contribution in [3.63, 3.8) is 0 Å². The van der Waals surface area contributed by atoms with Gasteiger partial charge in [0.25, 0.3) is 0 Å². The van der Waals surface area contributed by atoms with E-state index in [1.165, 1.54) is 16.7 Å². The summed E-state index contributed by atoms with van der Waals surface area (Å²) in [6.07, 6.45) is 0. The van der Waals surface area contributed by atoms with Gasteiger partial charge in [-0.25, -0.2) is 0 Å². The molecule has 0 saturated carbocycles. The molecule has 0 atom stereocenters. The largest absolute Gasteiger partial charge is 0.508 e. The third-order valence-corrected chi connectivity index (χ3v) is 2.71. The summed E-state index contributed by atoms with van der Waals surface area (Å²) in [6, 6.07) is 13.1. The van der Waals surface area contributed by atoms with Crippen molar-refractivity contribution in [2.75, 3.05) is 0 Å². The van der Waals surface area contributed by atoms with Crippen molar-refractivity contribution in [2.24, 2.45) is 0 Å². The van der Waals surface area contributed by atoms with Crippen LogP contribution in [0.3, 0.4) is 0 Å². The van der Waals surface area contributed by atoms with E-state index in [-0.39, 0.29) is 5.75 Å². The molecule has 0 aromatic heterocycles. The van der Waals surface area contributed by atoms with Gasteiger partial charge in [0.1, 0.15) is 18.1 Å². The minimum atomic E-state index is 0.225. The van der Waals surface area contributed by atoms with Gasteiger partial charge in [0.15, 0.2) is 0 Å². The van der Waals surface area contributed by atoms with Crippen molar-refractivity contribution >= 4 is 0 Å². The molecular formula is C15H16O2. The molecule has 0 heterocycles. The van der Waals surface area contributed by atoms with Crippen molar-refractivity contribution < 1.29 is 9.84 Å². The van der Waals surface area contributed by atoms with Crippen LogP contribution in [0.5, 0.6) is 11.5 Å². The Morgan fingerprint density at radius 3 is 2.59 bits per heavy atom. The molecule has 0 fully saturated rings. The van der Waals surface area contributed by atoms with Gasteiger partial charge in [-0.05, 0) is 37.1 Å². The standard InChI is InChI=1S/C15H16O2/c1-11-6-7-13(12(2)8-11)10-17-15-5-3-4-14(16)9-15/h3-9,16H,10H2,1-2H3. The second-order valence-corrected chi connectivity index (χ2v) is 4.22. The van der Waals surface area contributed by atoms with Gasteiger partial charge in [0.2, 0.25) is 0 Å². The summed E-state index contributed by atoms with van der Waals surface area (Å²) in [5, 5.41) is 9.32. The number of aromatic hydroxyl groups is 1. The first-order chi connectivity index (χ1) is 8.15. The lowest BCUT2D eigenvalue weighted by molar-refractivity contribution is 0.303. The Kier molecular flexibility index (Phi) is 3.33. The molecule has 0 aliphatic carbocycles. The number of rotatable bonds is 3. The van der Waals surface area contributed by atoms with Crippen LogP contribution in [-0.2, 0) is 6.61 Å². The fourth-order valence-corrected chi connectivity index (χ4v) is 1.74. The minimum absolute atomic E-state index is 0.225. The number of hydrogen-bond acceptors (Lipinski definition) is 2. The Hall–Kier alpha value is -1.96. The fraction of sp³-hybridized carbons (Fsp3) is 0.200. The van der Waals surface area contributed by atoms with Crippen LogP contribution < -0.4 is 4.74 Å². The van der Waals surface area contributed by atoms with Gasteiger partial charge in [0.05, 0.1) is 0 Å². The van der Waals surface area contributed by atoms with Gasteiger partial charge < -0.3 is 9.84 Å². The molecule has 0 radical (unpaired) electrons. The average molecular weight is 228 g/mol. The molecule has 2 aromatic carbocycles. The van der Waals surface area contributed by atoms with E-state index in [9.17, 15) is 5.11 Å². The van der Waals surface area contributed by atoms with E-state index in [0.29, 0.717) is 12.4 Å². The van der Waals surface area contributed by atoms with E-state index in [1.54, 1.807) is 18.2 Å². The first-order valence-electron chi connectivity index (χ1n) is 5.63. The number of ether oxygens (including phenoxy) is 1. The Balaban J connectivity index is 2.07. The molecule has 17 heavy (non-hydrogen) atoms. The van der Waals surface area contributed by atoms with Crippen LogP contribution in [0.25, 0.3) is 0 Å². The summed E-state index contributed by atoms with van der Waals surface area (Å²) < 4.78 is 5.63. The summed E-state index contributed by atoms with van der Waals surface area (Å²) in [5.74, 6) is 0.910. The van der Waals surface area contributed by atoms with Crippen molar-refractivity contribution in [3.05, 3.63) is 59.2 Å².